The molecule has 7 nitrogen and oxygen atoms in total. The SMILES string of the molecule is Cn1cc(-c2cc3c(N4C[C@@H](C(F)F)[C@@](C#N)(C5CC5)C4=O)ccnn3c2)cn1. The van der Waals surface area contributed by atoms with Crippen LogP contribution in [-0.2, 0) is 11.8 Å². The highest BCUT2D eigenvalue weighted by atomic mass is 19.3. The van der Waals surface area contributed by atoms with Crippen LogP contribution in [0, 0.1) is 28.6 Å². The molecule has 0 aromatic carbocycles. The van der Waals surface area contributed by atoms with Crippen molar-refractivity contribution < 1.29 is 13.6 Å². The molecule has 9 heteroatoms. The molecule has 1 saturated heterocycles. The Morgan fingerprint density at radius 2 is 2.07 bits per heavy atom. The first-order valence-electron chi connectivity index (χ1n) is 9.43. The Morgan fingerprint density at radius 1 is 1.28 bits per heavy atom. The lowest BCUT2D eigenvalue weighted by Crippen LogP contribution is -2.39. The molecule has 1 amide bonds. The molecule has 0 spiro atoms. The highest BCUT2D eigenvalue weighted by Gasteiger charge is 2.65. The number of carbonyl (C=O) groups is 1. The zero-order valence-electron chi connectivity index (χ0n) is 15.7. The molecule has 148 valence electrons. The van der Waals surface area contributed by atoms with Gasteiger partial charge in [0.1, 0.15) is 5.41 Å². The normalized spacial score (nSPS) is 24.6. The van der Waals surface area contributed by atoms with Gasteiger partial charge < -0.3 is 4.90 Å². The monoisotopic (exact) mass is 396 g/mol. The molecule has 0 unspecified atom stereocenters. The molecular weight excluding hydrogens is 378 g/mol. The van der Waals surface area contributed by atoms with Crippen LogP contribution >= 0.6 is 0 Å². The maximum atomic E-state index is 13.9. The Hall–Kier alpha value is -3.28. The number of alkyl halides is 2. The van der Waals surface area contributed by atoms with Gasteiger partial charge in [-0.15, -0.1) is 0 Å². The Balaban J connectivity index is 1.61. The molecule has 2 aliphatic rings. The van der Waals surface area contributed by atoms with E-state index in [1.807, 2.05) is 25.4 Å². The number of hydrogen-bond donors (Lipinski definition) is 0. The lowest BCUT2D eigenvalue weighted by molar-refractivity contribution is -0.127. The number of aryl methyl sites for hydroxylation is 1. The van der Waals surface area contributed by atoms with E-state index in [0.29, 0.717) is 24.0 Å². The molecule has 1 aliphatic carbocycles. The number of hydrogen-bond acceptors (Lipinski definition) is 4. The second-order valence-electron chi connectivity index (χ2n) is 7.79. The highest BCUT2D eigenvalue weighted by molar-refractivity contribution is 6.05. The zero-order valence-corrected chi connectivity index (χ0v) is 15.7. The fraction of sp³-hybridized carbons (Fsp3) is 0.400. The third-order valence-corrected chi connectivity index (χ3v) is 6.09. The summed E-state index contributed by atoms with van der Waals surface area (Å²) in [6, 6.07) is 5.49. The van der Waals surface area contributed by atoms with Gasteiger partial charge in [-0.1, -0.05) is 0 Å². The molecule has 2 atom stereocenters. The van der Waals surface area contributed by atoms with Gasteiger partial charge in [0.2, 0.25) is 12.3 Å². The minimum Gasteiger partial charge on any atom is -0.308 e. The molecule has 29 heavy (non-hydrogen) atoms. The van der Waals surface area contributed by atoms with Crippen LogP contribution < -0.4 is 4.90 Å². The quantitative estimate of drug-likeness (QED) is 0.679. The fourth-order valence-electron chi connectivity index (χ4n) is 4.49. The van der Waals surface area contributed by atoms with E-state index >= 15 is 0 Å². The van der Waals surface area contributed by atoms with Gasteiger partial charge >= 0.3 is 0 Å². The first-order valence-corrected chi connectivity index (χ1v) is 9.43. The van der Waals surface area contributed by atoms with Crippen molar-refractivity contribution in [1.29, 1.82) is 5.26 Å². The fourth-order valence-corrected chi connectivity index (χ4v) is 4.49. The summed E-state index contributed by atoms with van der Waals surface area (Å²) in [5.41, 5.74) is 1.20. The smallest absolute Gasteiger partial charge is 0.248 e. The number of rotatable bonds is 4. The van der Waals surface area contributed by atoms with Crippen LogP contribution in [0.4, 0.5) is 14.5 Å². The molecule has 0 N–H and O–H groups in total. The van der Waals surface area contributed by atoms with Crippen LogP contribution in [0.2, 0.25) is 0 Å². The Labute approximate surface area is 165 Å². The van der Waals surface area contributed by atoms with Gasteiger partial charge in [0.15, 0.2) is 0 Å². The number of nitrogens with zero attached hydrogens (tertiary/aromatic N) is 6. The van der Waals surface area contributed by atoms with E-state index in [1.165, 1.54) is 11.1 Å². The third-order valence-electron chi connectivity index (χ3n) is 6.09. The van der Waals surface area contributed by atoms with Crippen LogP contribution in [0.1, 0.15) is 12.8 Å². The number of nitriles is 1. The second kappa shape index (κ2) is 6.11. The zero-order chi connectivity index (χ0) is 20.3. The van der Waals surface area contributed by atoms with Crippen LogP contribution in [-0.4, -0.2) is 38.3 Å². The molecule has 0 radical (unpaired) electrons. The summed E-state index contributed by atoms with van der Waals surface area (Å²) in [7, 11) is 1.82. The number of aromatic nitrogens is 4. The predicted molar refractivity (Wildman–Crippen MR) is 100 cm³/mol. The van der Waals surface area contributed by atoms with Crippen LogP contribution in [0.5, 0.6) is 0 Å². The molecule has 5 rings (SSSR count). The standard InChI is InChI=1S/C20H18F2N6O/c1-26-8-13(7-25-26)12-6-17-16(4-5-24-28(17)9-12)27-10-15(18(21)22)20(11-23,19(27)29)14-2-3-14/h4-9,14-15,18H,2-3,10H2,1H3/t15-,20+/m0/s1. The maximum absolute atomic E-state index is 13.9. The Morgan fingerprint density at radius 3 is 2.69 bits per heavy atom. The Bertz CT molecular complexity index is 1160. The van der Waals surface area contributed by atoms with Crippen molar-refractivity contribution in [2.75, 3.05) is 11.4 Å². The van der Waals surface area contributed by atoms with E-state index in [2.05, 4.69) is 10.2 Å². The molecule has 0 bridgehead atoms. The molecule has 1 aliphatic heterocycles. The summed E-state index contributed by atoms with van der Waals surface area (Å²) in [5, 5.41) is 18.2. The average Bonchev–Trinajstić information content (AvgIpc) is 3.18. The first kappa shape index (κ1) is 17.8. The summed E-state index contributed by atoms with van der Waals surface area (Å²) in [5.74, 6) is -2.11. The summed E-state index contributed by atoms with van der Waals surface area (Å²) in [6.07, 6.45) is 5.45. The molecule has 3 aromatic heterocycles. The van der Waals surface area contributed by atoms with Crippen molar-refractivity contribution in [2.24, 2.45) is 24.3 Å². The van der Waals surface area contributed by atoms with E-state index in [1.54, 1.807) is 27.7 Å². The average molecular weight is 396 g/mol. The first-order chi connectivity index (χ1) is 14.0. The summed E-state index contributed by atoms with van der Waals surface area (Å²) >= 11 is 0. The summed E-state index contributed by atoms with van der Waals surface area (Å²) in [6.45, 7) is -0.173. The van der Waals surface area contributed by atoms with Crippen molar-refractivity contribution in [1.82, 2.24) is 19.4 Å². The predicted octanol–water partition coefficient (Wildman–Crippen LogP) is 2.88. The van der Waals surface area contributed by atoms with Crippen molar-refractivity contribution in [3.8, 4) is 17.2 Å². The van der Waals surface area contributed by atoms with Crippen LogP contribution in [0.25, 0.3) is 16.6 Å². The lowest BCUT2D eigenvalue weighted by atomic mass is 9.74. The van der Waals surface area contributed by atoms with E-state index in [9.17, 15) is 18.8 Å². The number of anilines is 1. The largest absolute Gasteiger partial charge is 0.308 e. The highest BCUT2D eigenvalue weighted by Crippen LogP contribution is 2.56. The number of amides is 1. The van der Waals surface area contributed by atoms with Crippen LogP contribution in [0.15, 0.2) is 36.9 Å². The van der Waals surface area contributed by atoms with Gasteiger partial charge in [0.25, 0.3) is 0 Å². The van der Waals surface area contributed by atoms with Gasteiger partial charge in [-0.05, 0) is 30.9 Å². The van der Waals surface area contributed by atoms with Crippen molar-refractivity contribution in [2.45, 2.75) is 19.3 Å². The van der Waals surface area contributed by atoms with Gasteiger partial charge in [0.05, 0.1) is 29.4 Å². The summed E-state index contributed by atoms with van der Waals surface area (Å²) < 4.78 is 31.0. The molecule has 4 heterocycles. The van der Waals surface area contributed by atoms with Gasteiger partial charge in [-0.25, -0.2) is 13.3 Å². The second-order valence-corrected chi connectivity index (χ2v) is 7.79. The van der Waals surface area contributed by atoms with E-state index in [0.717, 1.165) is 11.1 Å². The van der Waals surface area contributed by atoms with E-state index in [4.69, 9.17) is 0 Å². The molecule has 3 aromatic rings. The van der Waals surface area contributed by atoms with Crippen molar-refractivity contribution in [3.63, 3.8) is 0 Å². The number of halogens is 2. The Kier molecular flexibility index (Phi) is 3.75. The minimum absolute atomic E-state index is 0.173. The lowest BCUT2D eigenvalue weighted by Gasteiger charge is -2.24. The molecular formula is C20H18F2N6O. The van der Waals surface area contributed by atoms with Gasteiger partial charge in [-0.2, -0.15) is 15.5 Å². The topological polar surface area (TPSA) is 79.2 Å². The van der Waals surface area contributed by atoms with Gasteiger partial charge in [0, 0.05) is 43.3 Å². The van der Waals surface area contributed by atoms with E-state index < -0.39 is 23.7 Å². The van der Waals surface area contributed by atoms with Crippen molar-refractivity contribution in [3.05, 3.63) is 36.9 Å². The number of carbonyl (C=O) groups excluding carboxylic acids is 1. The summed E-state index contributed by atoms with van der Waals surface area (Å²) in [4.78, 5) is 14.7. The van der Waals surface area contributed by atoms with E-state index in [-0.39, 0.29) is 12.5 Å². The maximum Gasteiger partial charge on any atom is 0.248 e. The van der Waals surface area contributed by atoms with Crippen molar-refractivity contribution >= 4 is 17.1 Å². The number of fused-ring (bicyclic) bond motifs is 1. The molecule has 1 saturated carbocycles. The molecule has 2 fully saturated rings. The van der Waals surface area contributed by atoms with Gasteiger partial charge in [-0.3, -0.25) is 9.48 Å². The third kappa shape index (κ3) is 2.48. The van der Waals surface area contributed by atoms with Crippen LogP contribution in [0.3, 0.4) is 0 Å². The minimum atomic E-state index is -2.74.